The number of amides is 1. The van der Waals surface area contributed by atoms with Gasteiger partial charge in [0.25, 0.3) is 0 Å². The molecule has 104 valence electrons. The largest absolute Gasteiger partial charge is 0.462 e. The van der Waals surface area contributed by atoms with Gasteiger partial charge in [0.2, 0.25) is 5.91 Å². The van der Waals surface area contributed by atoms with Crippen molar-refractivity contribution in [2.45, 2.75) is 13.8 Å². The zero-order chi connectivity index (χ0) is 14.7. The average Bonchev–Trinajstić information content (AvgIpc) is 2.57. The van der Waals surface area contributed by atoms with Crippen LogP contribution in [0.1, 0.15) is 24.2 Å². The van der Waals surface area contributed by atoms with E-state index in [2.05, 4.69) is 27.9 Å². The lowest BCUT2D eigenvalue weighted by Gasteiger charge is -2.06. The predicted octanol–water partition coefficient (Wildman–Crippen LogP) is 3.53. The van der Waals surface area contributed by atoms with Gasteiger partial charge in [-0.3, -0.25) is 4.79 Å². The van der Waals surface area contributed by atoms with Crippen LogP contribution in [-0.2, 0) is 9.53 Å². The lowest BCUT2D eigenvalue weighted by atomic mass is 10.1. The molecule has 0 heterocycles. The Morgan fingerprint density at radius 3 is 2.45 bits per heavy atom. The third-order valence-electron chi connectivity index (χ3n) is 2.79. The van der Waals surface area contributed by atoms with Crippen molar-refractivity contribution in [1.82, 2.24) is 0 Å². The first-order chi connectivity index (χ1) is 9.56. The summed E-state index contributed by atoms with van der Waals surface area (Å²) in [5, 5.41) is 2.73. The van der Waals surface area contributed by atoms with Gasteiger partial charge in [0.1, 0.15) is 0 Å². The maximum absolute atomic E-state index is 12.2. The summed E-state index contributed by atoms with van der Waals surface area (Å²) in [5.74, 6) is -0.636. The lowest BCUT2D eigenvalue weighted by Crippen LogP contribution is -2.12. The van der Waals surface area contributed by atoms with Gasteiger partial charge < -0.3 is 10.1 Å². The molecule has 0 unspecified atom stereocenters. The average molecular weight is 383 g/mol. The second-order valence-electron chi connectivity index (χ2n) is 4.20. The smallest absolute Gasteiger partial charge is 0.340 e. The second-order valence-corrected chi connectivity index (χ2v) is 5.28. The predicted molar refractivity (Wildman–Crippen MR) is 86.0 cm³/mol. The van der Waals surface area contributed by atoms with Crippen LogP contribution >= 0.6 is 22.6 Å². The van der Waals surface area contributed by atoms with Gasteiger partial charge in [0.15, 0.2) is 0 Å². The minimum atomic E-state index is -0.421. The molecule has 0 atom stereocenters. The molecular weight excluding hydrogens is 369 g/mol. The van der Waals surface area contributed by atoms with Crippen molar-refractivity contribution >= 4 is 40.2 Å². The number of fused-ring (bicyclic) bond motifs is 1. The van der Waals surface area contributed by atoms with Crippen LogP contribution < -0.4 is 5.32 Å². The Kier molecular flexibility index (Phi) is 4.59. The number of hydrogen-bond donors (Lipinski definition) is 1. The van der Waals surface area contributed by atoms with Gasteiger partial charge in [-0.15, -0.1) is 0 Å². The molecule has 4 nitrogen and oxygen atoms in total. The van der Waals surface area contributed by atoms with Crippen LogP contribution in [0.3, 0.4) is 0 Å². The lowest BCUT2D eigenvalue weighted by molar-refractivity contribution is -0.114. The van der Waals surface area contributed by atoms with E-state index in [4.69, 9.17) is 4.74 Å². The summed E-state index contributed by atoms with van der Waals surface area (Å²) < 4.78 is 5.95. The third-order valence-corrected chi connectivity index (χ3v) is 3.91. The van der Waals surface area contributed by atoms with E-state index in [0.717, 1.165) is 14.7 Å². The number of carbonyl (C=O) groups excluding carboxylic acids is 2. The topological polar surface area (TPSA) is 55.4 Å². The van der Waals surface area contributed by atoms with Crippen molar-refractivity contribution in [1.29, 1.82) is 0 Å². The van der Waals surface area contributed by atoms with Gasteiger partial charge in [-0.05, 0) is 40.6 Å². The number of anilines is 1. The fourth-order valence-electron chi connectivity index (χ4n) is 2.04. The molecule has 0 fully saturated rings. The van der Waals surface area contributed by atoms with Crippen molar-refractivity contribution in [2.24, 2.45) is 0 Å². The van der Waals surface area contributed by atoms with Gasteiger partial charge in [-0.2, -0.15) is 0 Å². The molecule has 2 aliphatic rings. The van der Waals surface area contributed by atoms with Crippen LogP contribution in [0.2, 0.25) is 0 Å². The Bertz CT molecular complexity index is 639. The number of rotatable bonds is 3. The summed E-state index contributed by atoms with van der Waals surface area (Å²) in [6.07, 6.45) is 0. The molecule has 5 heteroatoms. The fourth-order valence-corrected chi connectivity index (χ4v) is 2.92. The van der Waals surface area contributed by atoms with E-state index < -0.39 is 5.97 Å². The van der Waals surface area contributed by atoms with E-state index in [1.807, 2.05) is 30.3 Å². The molecule has 0 aromatic carbocycles. The molecule has 0 saturated heterocycles. The van der Waals surface area contributed by atoms with Crippen LogP contribution in [0.4, 0.5) is 5.69 Å². The summed E-state index contributed by atoms with van der Waals surface area (Å²) >= 11 is 2.14. The monoisotopic (exact) mass is 383 g/mol. The van der Waals surface area contributed by atoms with Crippen molar-refractivity contribution in [2.75, 3.05) is 11.9 Å². The van der Waals surface area contributed by atoms with Crippen molar-refractivity contribution in [3.8, 4) is 11.1 Å². The molecule has 0 aromatic heterocycles. The summed E-state index contributed by atoms with van der Waals surface area (Å²) in [7, 11) is 0. The number of halogens is 1. The van der Waals surface area contributed by atoms with E-state index >= 15 is 0 Å². The normalized spacial score (nSPS) is 10.3. The highest BCUT2D eigenvalue weighted by molar-refractivity contribution is 14.1. The van der Waals surface area contributed by atoms with Crippen LogP contribution in [0.25, 0.3) is 11.1 Å². The molecule has 0 radical (unpaired) electrons. The van der Waals surface area contributed by atoms with E-state index in [-0.39, 0.29) is 5.91 Å². The SMILES string of the molecule is CCOC(=O)c1c2cccccc-2c(I)c1NC(C)=O. The molecule has 1 N–H and O–H groups in total. The molecule has 1 amide bonds. The summed E-state index contributed by atoms with van der Waals surface area (Å²) in [4.78, 5) is 23.6. The van der Waals surface area contributed by atoms with Gasteiger partial charge >= 0.3 is 5.97 Å². The maximum atomic E-state index is 12.2. The van der Waals surface area contributed by atoms with Gasteiger partial charge in [-0.25, -0.2) is 4.79 Å². The van der Waals surface area contributed by atoms with Gasteiger partial charge in [0.05, 0.1) is 17.9 Å². The van der Waals surface area contributed by atoms with Crippen molar-refractivity contribution in [3.63, 3.8) is 0 Å². The molecular formula is C15H14INO3. The first kappa shape index (κ1) is 14.8. The summed E-state index contributed by atoms with van der Waals surface area (Å²) in [6.45, 7) is 3.47. The van der Waals surface area contributed by atoms with E-state index in [1.165, 1.54) is 6.92 Å². The zero-order valence-electron chi connectivity index (χ0n) is 11.2. The number of esters is 1. The van der Waals surface area contributed by atoms with Crippen molar-refractivity contribution in [3.05, 3.63) is 39.5 Å². The fraction of sp³-hybridized carbons (Fsp3) is 0.200. The molecule has 2 aliphatic carbocycles. The number of ether oxygens (including phenoxy) is 1. The number of carbonyl (C=O) groups is 2. The van der Waals surface area contributed by atoms with Crippen LogP contribution in [0.15, 0.2) is 30.3 Å². The first-order valence-electron chi connectivity index (χ1n) is 6.21. The molecule has 20 heavy (non-hydrogen) atoms. The molecule has 0 aliphatic heterocycles. The van der Waals surface area contributed by atoms with Gasteiger partial charge in [-0.1, -0.05) is 30.3 Å². The maximum Gasteiger partial charge on any atom is 0.340 e. The Morgan fingerprint density at radius 1 is 1.20 bits per heavy atom. The molecule has 0 spiro atoms. The summed E-state index contributed by atoms with van der Waals surface area (Å²) in [5.41, 5.74) is 2.64. The second kappa shape index (κ2) is 6.21. The van der Waals surface area contributed by atoms with E-state index in [0.29, 0.717) is 17.9 Å². The Balaban J connectivity index is 2.70. The van der Waals surface area contributed by atoms with E-state index in [1.54, 1.807) is 6.92 Å². The quantitative estimate of drug-likeness (QED) is 0.652. The Labute approximate surface area is 131 Å². The van der Waals surface area contributed by atoms with Crippen LogP contribution in [0.5, 0.6) is 0 Å². The Hall–Kier alpha value is -1.63. The highest BCUT2D eigenvalue weighted by Crippen LogP contribution is 2.41. The first-order valence-corrected chi connectivity index (χ1v) is 7.29. The Morgan fingerprint density at radius 2 is 1.85 bits per heavy atom. The molecule has 0 saturated carbocycles. The summed E-state index contributed by atoms with van der Waals surface area (Å²) in [6, 6.07) is 9.43. The van der Waals surface area contributed by atoms with Gasteiger partial charge in [0, 0.05) is 10.5 Å². The highest BCUT2D eigenvalue weighted by atomic mass is 127. The zero-order valence-corrected chi connectivity index (χ0v) is 13.4. The molecule has 0 aromatic rings. The van der Waals surface area contributed by atoms with Crippen molar-refractivity contribution < 1.29 is 14.3 Å². The minimum absolute atomic E-state index is 0.215. The van der Waals surface area contributed by atoms with Crippen LogP contribution in [0, 0.1) is 3.57 Å². The van der Waals surface area contributed by atoms with E-state index in [9.17, 15) is 9.59 Å². The minimum Gasteiger partial charge on any atom is -0.462 e. The standard InChI is InChI=1S/C15H14INO3/c1-3-20-15(19)12-10-7-5-4-6-8-11(10)13(16)14(12)17-9(2)18/h4-8H,3H2,1-2H3,(H,17,18). The molecule has 2 rings (SSSR count). The highest BCUT2D eigenvalue weighted by Gasteiger charge is 2.27. The number of nitrogens with one attached hydrogen (secondary N) is 1. The molecule has 0 bridgehead atoms. The van der Waals surface area contributed by atoms with Crippen LogP contribution in [-0.4, -0.2) is 18.5 Å². The number of hydrogen-bond acceptors (Lipinski definition) is 3. The third kappa shape index (κ3) is 2.77.